The molecule has 0 aliphatic carbocycles. The van der Waals surface area contributed by atoms with Crippen molar-refractivity contribution >= 4 is 27.5 Å². The van der Waals surface area contributed by atoms with Crippen molar-refractivity contribution in [3.63, 3.8) is 0 Å². The van der Waals surface area contributed by atoms with E-state index in [1.807, 2.05) is 37.3 Å². The number of nitrogens with zero attached hydrogens (tertiary/aromatic N) is 1. The fourth-order valence-electron chi connectivity index (χ4n) is 3.00. The summed E-state index contributed by atoms with van der Waals surface area (Å²) in [5.41, 5.74) is 1.61. The van der Waals surface area contributed by atoms with Crippen LogP contribution in [0, 0.1) is 12.8 Å². The van der Waals surface area contributed by atoms with Crippen LogP contribution in [-0.4, -0.2) is 20.7 Å². The lowest BCUT2D eigenvalue weighted by atomic mass is 10.1. The quantitative estimate of drug-likeness (QED) is 0.710. The van der Waals surface area contributed by atoms with Gasteiger partial charge < -0.3 is 10.2 Å². The molecule has 2 aromatic heterocycles. The summed E-state index contributed by atoms with van der Waals surface area (Å²) in [7, 11) is 0. The Bertz CT molecular complexity index is 1030. The maximum atomic E-state index is 12.7. The van der Waals surface area contributed by atoms with Crippen molar-refractivity contribution in [2.75, 3.05) is 0 Å². The van der Waals surface area contributed by atoms with Crippen molar-refractivity contribution in [1.29, 1.82) is 0 Å². The fourth-order valence-corrected chi connectivity index (χ4v) is 4.41. The zero-order chi connectivity index (χ0) is 19.0. The van der Waals surface area contributed by atoms with E-state index in [1.54, 1.807) is 0 Å². The van der Waals surface area contributed by atoms with Gasteiger partial charge in [0.15, 0.2) is 5.75 Å². The number of benzene rings is 1. The molecule has 2 N–H and O–H groups in total. The Balaban J connectivity index is 2.24. The number of aryl methyl sites for hydroxylation is 1. The molecule has 0 saturated carbocycles. The summed E-state index contributed by atoms with van der Waals surface area (Å²) in [4.78, 5) is 25.3. The van der Waals surface area contributed by atoms with Crippen LogP contribution in [0.2, 0.25) is 0 Å². The molecule has 0 amide bonds. The van der Waals surface area contributed by atoms with Gasteiger partial charge in [0.25, 0.3) is 5.56 Å². The topological polar surface area (TPSA) is 79.5 Å². The molecule has 0 fully saturated rings. The average Bonchev–Trinajstić information content (AvgIpc) is 2.95. The molecule has 0 aliphatic heterocycles. The van der Waals surface area contributed by atoms with Crippen LogP contribution in [0.5, 0.6) is 5.75 Å². The van der Waals surface area contributed by atoms with Gasteiger partial charge in [-0.15, -0.1) is 11.3 Å². The van der Waals surface area contributed by atoms with Gasteiger partial charge in [-0.2, -0.15) is 0 Å². The van der Waals surface area contributed by atoms with Crippen molar-refractivity contribution in [1.82, 2.24) is 4.57 Å². The first-order valence-corrected chi connectivity index (χ1v) is 9.26. The minimum atomic E-state index is -1.29. The Morgan fingerprint density at radius 2 is 1.88 bits per heavy atom. The number of hydrogen-bond acceptors (Lipinski definition) is 4. The number of fused-ring (bicyclic) bond motifs is 1. The Kier molecular flexibility index (Phi) is 4.87. The SMILES string of the molecule is Cc1ccc(Cn2c(=O)c(O)c(C(=O)O)c3sc(CC(C)C)cc32)cc1. The number of aromatic hydroxyl groups is 1. The van der Waals surface area contributed by atoms with E-state index in [4.69, 9.17) is 0 Å². The maximum Gasteiger partial charge on any atom is 0.341 e. The van der Waals surface area contributed by atoms with Gasteiger partial charge in [0.05, 0.1) is 16.8 Å². The molecular weight excluding hydrogens is 350 g/mol. The van der Waals surface area contributed by atoms with Gasteiger partial charge in [-0.25, -0.2) is 4.79 Å². The van der Waals surface area contributed by atoms with Crippen molar-refractivity contribution in [2.45, 2.75) is 33.7 Å². The molecule has 3 aromatic rings. The minimum absolute atomic E-state index is 0.279. The largest absolute Gasteiger partial charge is 0.502 e. The van der Waals surface area contributed by atoms with Gasteiger partial charge in [0.2, 0.25) is 0 Å². The smallest absolute Gasteiger partial charge is 0.341 e. The van der Waals surface area contributed by atoms with Crippen LogP contribution in [0.4, 0.5) is 0 Å². The number of carboxylic acids is 1. The molecule has 1 aromatic carbocycles. The van der Waals surface area contributed by atoms with Gasteiger partial charge in [-0.3, -0.25) is 9.36 Å². The third-order valence-corrected chi connectivity index (χ3v) is 5.41. The molecule has 0 aliphatic rings. The Morgan fingerprint density at radius 3 is 2.46 bits per heavy atom. The summed E-state index contributed by atoms with van der Waals surface area (Å²) in [6.45, 7) is 6.43. The van der Waals surface area contributed by atoms with Gasteiger partial charge in [0.1, 0.15) is 5.56 Å². The molecule has 3 rings (SSSR count). The third kappa shape index (κ3) is 3.37. The van der Waals surface area contributed by atoms with E-state index in [1.165, 1.54) is 15.9 Å². The zero-order valence-corrected chi connectivity index (χ0v) is 15.8. The Hall–Kier alpha value is -2.60. The number of thiophene rings is 1. The molecule has 0 radical (unpaired) electrons. The normalized spacial score (nSPS) is 11.4. The van der Waals surface area contributed by atoms with E-state index >= 15 is 0 Å². The summed E-state index contributed by atoms with van der Waals surface area (Å²) < 4.78 is 1.90. The van der Waals surface area contributed by atoms with E-state index in [0.717, 1.165) is 22.4 Å². The van der Waals surface area contributed by atoms with Crippen molar-refractivity contribution in [2.24, 2.45) is 5.92 Å². The van der Waals surface area contributed by atoms with Crippen molar-refractivity contribution in [3.05, 3.63) is 62.3 Å². The highest BCUT2D eigenvalue weighted by molar-refractivity contribution is 7.19. The first kappa shape index (κ1) is 18.2. The molecule has 5 nitrogen and oxygen atoms in total. The highest BCUT2D eigenvalue weighted by Crippen LogP contribution is 2.33. The van der Waals surface area contributed by atoms with Crippen LogP contribution in [0.15, 0.2) is 35.1 Å². The highest BCUT2D eigenvalue weighted by Gasteiger charge is 2.23. The fraction of sp³-hybridized carbons (Fsp3) is 0.300. The standard InChI is InChI=1S/C20H21NO4S/c1-11(2)8-14-9-15-18(26-14)16(20(24)25)17(22)19(23)21(15)10-13-6-4-12(3)5-7-13/h4-7,9,11,22H,8,10H2,1-3H3,(H,24,25). The summed E-state index contributed by atoms with van der Waals surface area (Å²) >= 11 is 1.33. The third-order valence-electron chi connectivity index (χ3n) is 4.25. The van der Waals surface area contributed by atoms with Gasteiger partial charge >= 0.3 is 5.97 Å². The van der Waals surface area contributed by atoms with E-state index in [2.05, 4.69) is 13.8 Å². The van der Waals surface area contributed by atoms with E-state index < -0.39 is 17.3 Å². The van der Waals surface area contributed by atoms with Gasteiger partial charge in [0, 0.05) is 4.88 Å². The summed E-state index contributed by atoms with van der Waals surface area (Å²) in [6.07, 6.45) is 0.790. The number of pyridine rings is 1. The molecule has 26 heavy (non-hydrogen) atoms. The zero-order valence-electron chi connectivity index (χ0n) is 14.9. The van der Waals surface area contributed by atoms with Crippen LogP contribution in [-0.2, 0) is 13.0 Å². The Labute approximate surface area is 155 Å². The molecule has 0 atom stereocenters. The van der Waals surface area contributed by atoms with Crippen LogP contribution >= 0.6 is 11.3 Å². The first-order valence-electron chi connectivity index (χ1n) is 8.45. The van der Waals surface area contributed by atoms with Crippen LogP contribution in [0.25, 0.3) is 10.2 Å². The second kappa shape index (κ2) is 6.96. The van der Waals surface area contributed by atoms with Gasteiger partial charge in [-0.05, 0) is 30.9 Å². The molecule has 0 bridgehead atoms. The van der Waals surface area contributed by atoms with Crippen LogP contribution in [0.1, 0.15) is 40.2 Å². The van der Waals surface area contributed by atoms with E-state index in [0.29, 0.717) is 16.1 Å². The molecule has 6 heteroatoms. The second-order valence-corrected chi connectivity index (χ2v) is 8.07. The minimum Gasteiger partial charge on any atom is -0.502 e. The number of aromatic nitrogens is 1. The summed E-state index contributed by atoms with van der Waals surface area (Å²) in [5, 5.41) is 19.7. The number of aromatic carboxylic acids is 1. The number of rotatable bonds is 5. The molecule has 0 unspecified atom stereocenters. The molecular formula is C20H21NO4S. The lowest BCUT2D eigenvalue weighted by molar-refractivity contribution is 0.0695. The van der Waals surface area contributed by atoms with E-state index in [-0.39, 0.29) is 12.1 Å². The molecule has 136 valence electrons. The predicted octanol–water partition coefficient (Wildman–Crippen LogP) is 4.02. The van der Waals surface area contributed by atoms with Crippen molar-refractivity contribution < 1.29 is 15.0 Å². The summed E-state index contributed by atoms with van der Waals surface area (Å²) in [5.74, 6) is -1.58. The first-order chi connectivity index (χ1) is 12.3. The Morgan fingerprint density at radius 1 is 1.23 bits per heavy atom. The predicted molar refractivity (Wildman–Crippen MR) is 104 cm³/mol. The number of carboxylic acid groups (broad SMARTS) is 1. The van der Waals surface area contributed by atoms with Gasteiger partial charge in [-0.1, -0.05) is 43.7 Å². The number of carbonyl (C=O) groups is 1. The molecule has 2 heterocycles. The maximum absolute atomic E-state index is 12.7. The molecule has 0 spiro atoms. The summed E-state index contributed by atoms with van der Waals surface area (Å²) in [6, 6.07) is 9.65. The molecule has 0 saturated heterocycles. The monoisotopic (exact) mass is 371 g/mol. The van der Waals surface area contributed by atoms with E-state index in [9.17, 15) is 19.8 Å². The number of hydrogen-bond donors (Lipinski definition) is 2. The van der Waals surface area contributed by atoms with Crippen molar-refractivity contribution in [3.8, 4) is 5.75 Å². The second-order valence-electron chi connectivity index (χ2n) is 6.93. The average molecular weight is 371 g/mol. The highest BCUT2D eigenvalue weighted by atomic mass is 32.1. The lowest BCUT2D eigenvalue weighted by Gasteiger charge is -2.11. The van der Waals surface area contributed by atoms with Crippen LogP contribution in [0.3, 0.4) is 0 Å². The lowest BCUT2D eigenvalue weighted by Crippen LogP contribution is -2.22. The van der Waals surface area contributed by atoms with Crippen LogP contribution < -0.4 is 5.56 Å².